The second-order valence-corrected chi connectivity index (χ2v) is 2.80. The van der Waals surface area contributed by atoms with Crippen molar-refractivity contribution in [1.29, 1.82) is 0 Å². The maximum Gasteiger partial charge on any atom is 0.157 e. The van der Waals surface area contributed by atoms with E-state index in [2.05, 4.69) is 11.8 Å². The number of carbonyl (C=O) groups excluding carboxylic acids is 2. The molecule has 0 heterocycles. The molecule has 0 unspecified atom stereocenters. The Morgan fingerprint density at radius 1 is 1.50 bits per heavy atom. The third-order valence-electron chi connectivity index (χ3n) is 1.64. The van der Waals surface area contributed by atoms with Crippen LogP contribution >= 0.6 is 0 Å². The molecule has 0 radical (unpaired) electrons. The Balaban J connectivity index is 3.66. The maximum atomic E-state index is 10.2. The average molecular weight is 169 g/mol. The lowest BCUT2D eigenvalue weighted by Gasteiger charge is -2.13. The molecule has 0 aromatic heterocycles. The molecule has 0 rings (SSSR count). The molecular formula is C9H15NO2. The van der Waals surface area contributed by atoms with Crippen LogP contribution < -0.4 is 0 Å². The summed E-state index contributed by atoms with van der Waals surface area (Å²) in [5.74, 6) is 1.62. The summed E-state index contributed by atoms with van der Waals surface area (Å²) in [6.45, 7) is 3.83. The smallest absolute Gasteiger partial charge is 0.157 e. The van der Waals surface area contributed by atoms with E-state index >= 15 is 0 Å². The maximum absolute atomic E-state index is 10.2. The second-order valence-electron chi connectivity index (χ2n) is 2.80. The van der Waals surface area contributed by atoms with E-state index in [0.717, 1.165) is 19.5 Å². The highest BCUT2D eigenvalue weighted by Gasteiger charge is 1.99. The zero-order valence-electron chi connectivity index (χ0n) is 7.67. The van der Waals surface area contributed by atoms with Crippen LogP contribution in [0.2, 0.25) is 0 Å². The fourth-order valence-corrected chi connectivity index (χ4v) is 0.939. The number of hydrogen-bond acceptors (Lipinski definition) is 3. The zero-order valence-corrected chi connectivity index (χ0v) is 7.67. The van der Waals surface area contributed by atoms with Gasteiger partial charge in [-0.25, -0.2) is 4.79 Å². The van der Waals surface area contributed by atoms with Gasteiger partial charge in [0, 0.05) is 6.54 Å². The van der Waals surface area contributed by atoms with Crippen molar-refractivity contribution in [2.75, 3.05) is 20.1 Å². The fraction of sp³-hybridized carbons (Fsp3) is 0.667. The molecule has 0 aliphatic heterocycles. The Morgan fingerprint density at radius 2 is 2.17 bits per heavy atom. The van der Waals surface area contributed by atoms with Crippen LogP contribution in [0.3, 0.4) is 0 Å². The first kappa shape index (κ1) is 11.1. The summed E-state index contributed by atoms with van der Waals surface area (Å²) in [4.78, 5) is 22.4. The van der Waals surface area contributed by atoms with Crippen LogP contribution in [0.5, 0.6) is 0 Å². The first-order valence-corrected chi connectivity index (χ1v) is 4.12. The Bertz CT molecular complexity index is 183. The molecular weight excluding hydrogens is 154 g/mol. The summed E-state index contributed by atoms with van der Waals surface area (Å²) in [5, 5.41) is 0. The minimum absolute atomic E-state index is 0.220. The van der Waals surface area contributed by atoms with Crippen LogP contribution in [0.25, 0.3) is 0 Å². The average Bonchev–Trinajstić information content (AvgIpc) is 2.07. The van der Waals surface area contributed by atoms with E-state index in [1.807, 2.05) is 7.05 Å². The van der Waals surface area contributed by atoms with E-state index in [1.165, 1.54) is 0 Å². The molecule has 3 heteroatoms. The van der Waals surface area contributed by atoms with Crippen molar-refractivity contribution in [3.8, 4) is 0 Å². The van der Waals surface area contributed by atoms with Crippen LogP contribution in [-0.2, 0) is 9.59 Å². The Morgan fingerprint density at radius 3 is 2.58 bits per heavy atom. The summed E-state index contributed by atoms with van der Waals surface area (Å²) < 4.78 is 0. The highest BCUT2D eigenvalue weighted by molar-refractivity contribution is 5.85. The van der Waals surface area contributed by atoms with Crippen molar-refractivity contribution in [1.82, 2.24) is 4.90 Å². The van der Waals surface area contributed by atoms with Gasteiger partial charge in [0.1, 0.15) is 5.94 Å². The molecule has 0 saturated carbocycles. The van der Waals surface area contributed by atoms with Gasteiger partial charge in [-0.1, -0.05) is 6.92 Å². The fourth-order valence-electron chi connectivity index (χ4n) is 0.939. The highest BCUT2D eigenvalue weighted by Crippen LogP contribution is 1.95. The van der Waals surface area contributed by atoms with Crippen LogP contribution in [0.1, 0.15) is 19.8 Å². The van der Waals surface area contributed by atoms with Gasteiger partial charge in [-0.05, 0) is 26.4 Å². The molecule has 12 heavy (non-hydrogen) atoms. The highest BCUT2D eigenvalue weighted by atomic mass is 16.1. The molecule has 3 nitrogen and oxygen atoms in total. The molecule has 0 fully saturated rings. The largest absolute Gasteiger partial charge is 0.306 e. The minimum atomic E-state index is 0.220. The number of nitrogens with zero attached hydrogens (tertiary/aromatic N) is 1. The standard InChI is InChI=1S/C9H15NO2/c1-3-5-10(2)6-4-9(7-11)8-12/h7H,3-6H2,1-2H3. The van der Waals surface area contributed by atoms with Crippen LogP contribution in [0.15, 0.2) is 5.57 Å². The molecule has 0 N–H and O–H groups in total. The monoisotopic (exact) mass is 169 g/mol. The summed E-state index contributed by atoms with van der Waals surface area (Å²) in [6.07, 6.45) is 2.16. The van der Waals surface area contributed by atoms with Gasteiger partial charge < -0.3 is 4.90 Å². The zero-order chi connectivity index (χ0) is 9.40. The van der Waals surface area contributed by atoms with Crippen LogP contribution in [0.4, 0.5) is 0 Å². The topological polar surface area (TPSA) is 37.4 Å². The number of rotatable bonds is 6. The van der Waals surface area contributed by atoms with Crippen LogP contribution in [-0.4, -0.2) is 37.3 Å². The third kappa shape index (κ3) is 4.83. The van der Waals surface area contributed by atoms with Gasteiger partial charge in [0.05, 0.1) is 5.57 Å². The van der Waals surface area contributed by atoms with E-state index in [1.54, 1.807) is 5.94 Å². The van der Waals surface area contributed by atoms with Gasteiger partial charge in [0.25, 0.3) is 0 Å². The van der Waals surface area contributed by atoms with Gasteiger partial charge in [-0.3, -0.25) is 4.79 Å². The number of hydrogen-bond donors (Lipinski definition) is 0. The first-order valence-electron chi connectivity index (χ1n) is 4.12. The van der Waals surface area contributed by atoms with E-state index in [0.29, 0.717) is 12.7 Å². The molecule has 0 saturated heterocycles. The van der Waals surface area contributed by atoms with Gasteiger partial charge >= 0.3 is 0 Å². The molecule has 0 aliphatic rings. The quantitative estimate of drug-likeness (QED) is 0.333. The van der Waals surface area contributed by atoms with E-state index < -0.39 is 0 Å². The molecule has 0 atom stereocenters. The Hall–Kier alpha value is -0.920. The van der Waals surface area contributed by atoms with E-state index in [-0.39, 0.29) is 5.57 Å². The predicted octanol–water partition coefficient (Wildman–Crippen LogP) is 0.675. The predicted molar refractivity (Wildman–Crippen MR) is 47.7 cm³/mol. The van der Waals surface area contributed by atoms with Crippen molar-refractivity contribution in [2.45, 2.75) is 19.8 Å². The molecule has 0 spiro atoms. The second kappa shape index (κ2) is 6.77. The lowest BCUT2D eigenvalue weighted by molar-refractivity contribution is -0.104. The molecule has 0 aliphatic carbocycles. The van der Waals surface area contributed by atoms with Crippen molar-refractivity contribution >= 4 is 12.2 Å². The summed E-state index contributed by atoms with van der Waals surface area (Å²) in [5.41, 5.74) is 0.220. The third-order valence-corrected chi connectivity index (χ3v) is 1.64. The summed E-state index contributed by atoms with van der Waals surface area (Å²) in [7, 11) is 1.97. The normalized spacial score (nSPS) is 9.58. The van der Waals surface area contributed by atoms with E-state index in [9.17, 15) is 9.59 Å². The molecule has 0 aromatic carbocycles. The minimum Gasteiger partial charge on any atom is -0.306 e. The van der Waals surface area contributed by atoms with Crippen molar-refractivity contribution in [3.05, 3.63) is 5.57 Å². The van der Waals surface area contributed by atoms with E-state index in [4.69, 9.17) is 0 Å². The van der Waals surface area contributed by atoms with Gasteiger partial charge in [-0.15, -0.1) is 0 Å². The summed E-state index contributed by atoms with van der Waals surface area (Å²) in [6, 6.07) is 0. The van der Waals surface area contributed by atoms with Gasteiger partial charge in [0.15, 0.2) is 6.29 Å². The molecule has 68 valence electrons. The molecule has 0 aromatic rings. The Labute approximate surface area is 73.1 Å². The van der Waals surface area contributed by atoms with Crippen molar-refractivity contribution in [3.63, 3.8) is 0 Å². The first-order chi connectivity index (χ1) is 5.74. The molecule has 0 bridgehead atoms. The van der Waals surface area contributed by atoms with Gasteiger partial charge in [-0.2, -0.15) is 0 Å². The van der Waals surface area contributed by atoms with Crippen molar-refractivity contribution < 1.29 is 9.59 Å². The van der Waals surface area contributed by atoms with Crippen LogP contribution in [0, 0.1) is 0 Å². The summed E-state index contributed by atoms with van der Waals surface area (Å²) >= 11 is 0. The van der Waals surface area contributed by atoms with Crippen molar-refractivity contribution in [2.24, 2.45) is 0 Å². The number of carbonyl (C=O) groups is 1. The number of aldehydes is 1. The molecule has 0 amide bonds. The lowest BCUT2D eigenvalue weighted by atomic mass is 10.2. The Kier molecular flexibility index (Phi) is 6.25. The SMILES string of the molecule is CCCN(C)CCC(=C=O)C=O. The van der Waals surface area contributed by atoms with Gasteiger partial charge in [0.2, 0.25) is 0 Å². The lowest BCUT2D eigenvalue weighted by Crippen LogP contribution is -2.20.